The van der Waals surface area contributed by atoms with Gasteiger partial charge >= 0.3 is 0 Å². The van der Waals surface area contributed by atoms with Crippen molar-refractivity contribution in [2.75, 3.05) is 0 Å². The molecule has 0 unspecified atom stereocenters. The minimum atomic E-state index is -1.28. The van der Waals surface area contributed by atoms with Crippen LogP contribution in [-0.4, -0.2) is 18.6 Å². The van der Waals surface area contributed by atoms with Gasteiger partial charge in [0.2, 0.25) is 0 Å². The second kappa shape index (κ2) is 5.85. The fraction of sp³-hybridized carbons (Fsp3) is 0.571. The van der Waals surface area contributed by atoms with E-state index in [1.54, 1.807) is 12.1 Å². The Balaban J connectivity index is 3.32. The third-order valence-electron chi connectivity index (χ3n) is 2.27. The highest BCUT2D eigenvalue weighted by Crippen LogP contribution is 2.36. The maximum Gasteiger partial charge on any atom is 0.271 e. The van der Waals surface area contributed by atoms with Gasteiger partial charge in [-0.25, -0.2) is 0 Å². The fourth-order valence-corrected chi connectivity index (χ4v) is 3.85. The van der Waals surface area contributed by atoms with Gasteiger partial charge in [0, 0.05) is 31.4 Å². The molecule has 112 valence electrons. The Morgan fingerprint density at radius 3 is 2.05 bits per heavy atom. The van der Waals surface area contributed by atoms with Crippen LogP contribution in [0.25, 0.3) is 0 Å². The third kappa shape index (κ3) is 4.90. The molecule has 0 spiro atoms. The maximum absolute atomic E-state index is 12.4. The maximum atomic E-state index is 12.4. The van der Waals surface area contributed by atoms with Crippen molar-refractivity contribution in [3.63, 3.8) is 0 Å². The first-order chi connectivity index (χ1) is 8.90. The summed E-state index contributed by atoms with van der Waals surface area (Å²) < 4.78 is 11.9. The molecule has 0 saturated heterocycles. The number of non-ortho nitro benzene ring substituents is 1. The Morgan fingerprint density at radius 1 is 1.10 bits per heavy atom. The van der Waals surface area contributed by atoms with Crippen LogP contribution < -0.4 is 0 Å². The van der Waals surface area contributed by atoms with E-state index in [9.17, 15) is 14.3 Å². The monoisotopic (exact) mass is 315 g/mol. The summed E-state index contributed by atoms with van der Waals surface area (Å²) in [5.41, 5.74) is -0.00755. The van der Waals surface area contributed by atoms with Crippen LogP contribution in [0.5, 0.6) is 0 Å². The standard InChI is InChI=1S/C14H21NO3S2/c1-13(2,3)19-11-7-10(15(16)17)8-12(9-11)20(18)14(4,5)6/h7-9H,1-6H3/t20-/m0/s1. The summed E-state index contributed by atoms with van der Waals surface area (Å²) in [5, 5.41) is 11.0. The van der Waals surface area contributed by atoms with Crippen LogP contribution in [0.15, 0.2) is 28.0 Å². The van der Waals surface area contributed by atoms with Gasteiger partial charge in [-0.05, 0) is 26.8 Å². The minimum Gasteiger partial charge on any atom is -0.258 e. The van der Waals surface area contributed by atoms with Crippen molar-refractivity contribution in [2.45, 2.75) is 60.8 Å². The highest BCUT2D eigenvalue weighted by molar-refractivity contribution is 8.00. The third-order valence-corrected chi connectivity index (χ3v) is 5.13. The molecule has 0 aliphatic carbocycles. The van der Waals surface area contributed by atoms with Gasteiger partial charge in [0.15, 0.2) is 0 Å². The predicted molar refractivity (Wildman–Crippen MR) is 84.9 cm³/mol. The van der Waals surface area contributed by atoms with Gasteiger partial charge in [-0.1, -0.05) is 20.8 Å². The van der Waals surface area contributed by atoms with Crippen LogP contribution in [0.2, 0.25) is 0 Å². The normalized spacial score (nSPS) is 14.1. The SMILES string of the molecule is CC(C)(C)Sc1cc([N+](=O)[O-])cc([S@](=O)C(C)(C)C)c1. The molecule has 0 fully saturated rings. The van der Waals surface area contributed by atoms with Crippen LogP contribution in [-0.2, 0) is 10.8 Å². The lowest BCUT2D eigenvalue weighted by Crippen LogP contribution is -2.21. The van der Waals surface area contributed by atoms with Crippen molar-refractivity contribution in [3.05, 3.63) is 28.3 Å². The quantitative estimate of drug-likeness (QED) is 0.471. The Morgan fingerprint density at radius 2 is 1.65 bits per heavy atom. The van der Waals surface area contributed by atoms with Crippen molar-refractivity contribution in [1.29, 1.82) is 0 Å². The van der Waals surface area contributed by atoms with Gasteiger partial charge in [-0.15, -0.1) is 11.8 Å². The summed E-state index contributed by atoms with van der Waals surface area (Å²) in [5.74, 6) is 0. The van der Waals surface area contributed by atoms with Crippen molar-refractivity contribution in [1.82, 2.24) is 0 Å². The van der Waals surface area contributed by atoms with Gasteiger partial charge in [0.1, 0.15) is 0 Å². The number of thioether (sulfide) groups is 1. The Bertz CT molecular complexity index is 542. The van der Waals surface area contributed by atoms with E-state index in [0.717, 1.165) is 4.90 Å². The highest BCUT2D eigenvalue weighted by Gasteiger charge is 2.24. The number of rotatable bonds is 3. The molecule has 0 aliphatic rings. The summed E-state index contributed by atoms with van der Waals surface area (Å²) in [6.07, 6.45) is 0. The molecule has 4 nitrogen and oxygen atoms in total. The van der Waals surface area contributed by atoms with Gasteiger partial charge in [-0.3, -0.25) is 14.3 Å². The van der Waals surface area contributed by atoms with Crippen LogP contribution in [0.4, 0.5) is 5.69 Å². The van der Waals surface area contributed by atoms with E-state index in [4.69, 9.17) is 0 Å². The molecular weight excluding hydrogens is 294 g/mol. The summed E-state index contributed by atoms with van der Waals surface area (Å²) >= 11 is 1.54. The Labute approximate surface area is 127 Å². The second-order valence-electron chi connectivity index (χ2n) is 6.52. The van der Waals surface area contributed by atoms with Gasteiger partial charge in [0.05, 0.1) is 15.7 Å². The second-order valence-corrected chi connectivity index (χ2v) is 10.6. The van der Waals surface area contributed by atoms with E-state index in [-0.39, 0.29) is 10.4 Å². The molecule has 0 aliphatic heterocycles. The largest absolute Gasteiger partial charge is 0.271 e. The molecule has 6 heteroatoms. The van der Waals surface area contributed by atoms with E-state index in [2.05, 4.69) is 0 Å². The molecule has 0 aromatic heterocycles. The van der Waals surface area contributed by atoms with E-state index >= 15 is 0 Å². The lowest BCUT2D eigenvalue weighted by Gasteiger charge is -2.20. The van der Waals surface area contributed by atoms with Gasteiger partial charge in [-0.2, -0.15) is 0 Å². The predicted octanol–water partition coefficient (Wildman–Crippen LogP) is 4.39. The molecule has 1 atom stereocenters. The van der Waals surface area contributed by atoms with E-state index in [1.807, 2.05) is 41.5 Å². The zero-order chi connectivity index (χ0) is 15.7. The molecule has 1 rings (SSSR count). The first-order valence-electron chi connectivity index (χ1n) is 6.30. The Hall–Kier alpha value is -0.880. The van der Waals surface area contributed by atoms with E-state index in [1.165, 1.54) is 17.8 Å². The Kier molecular flexibility index (Phi) is 5.03. The number of nitro groups is 1. The van der Waals surface area contributed by atoms with Crippen LogP contribution >= 0.6 is 11.8 Å². The van der Waals surface area contributed by atoms with Crippen molar-refractivity contribution < 1.29 is 9.13 Å². The fourth-order valence-electron chi connectivity index (χ4n) is 1.54. The minimum absolute atomic E-state index is 0.00755. The number of nitrogens with zero attached hydrogens (tertiary/aromatic N) is 1. The summed E-state index contributed by atoms with van der Waals surface area (Å²) in [6.45, 7) is 11.7. The van der Waals surface area contributed by atoms with Crippen LogP contribution in [0, 0.1) is 10.1 Å². The molecule has 1 aromatic rings. The van der Waals surface area contributed by atoms with Crippen molar-refractivity contribution in [3.8, 4) is 0 Å². The van der Waals surface area contributed by atoms with Crippen LogP contribution in [0.1, 0.15) is 41.5 Å². The average Bonchev–Trinajstić information content (AvgIpc) is 2.23. The molecular formula is C14H21NO3S2. The molecule has 0 radical (unpaired) electrons. The first-order valence-corrected chi connectivity index (χ1v) is 8.27. The van der Waals surface area contributed by atoms with Crippen molar-refractivity contribution in [2.24, 2.45) is 0 Å². The number of hydrogen-bond acceptors (Lipinski definition) is 4. The molecule has 1 aromatic carbocycles. The zero-order valence-corrected chi connectivity index (χ0v) is 14.4. The van der Waals surface area contributed by atoms with Crippen molar-refractivity contribution >= 4 is 28.2 Å². The first kappa shape index (κ1) is 17.2. The highest BCUT2D eigenvalue weighted by atomic mass is 32.2. The summed E-state index contributed by atoms with van der Waals surface area (Å²) in [4.78, 5) is 11.9. The summed E-state index contributed by atoms with van der Waals surface area (Å²) in [7, 11) is -1.28. The topological polar surface area (TPSA) is 60.2 Å². The van der Waals surface area contributed by atoms with E-state index in [0.29, 0.717) is 4.90 Å². The number of hydrogen-bond donors (Lipinski definition) is 0. The number of benzene rings is 1. The molecule has 0 bridgehead atoms. The summed E-state index contributed by atoms with van der Waals surface area (Å²) in [6, 6.07) is 4.75. The molecule has 20 heavy (non-hydrogen) atoms. The average molecular weight is 315 g/mol. The molecule has 0 amide bonds. The molecule has 0 N–H and O–H groups in total. The molecule has 0 saturated carbocycles. The van der Waals surface area contributed by atoms with E-state index < -0.39 is 20.5 Å². The molecule has 0 heterocycles. The lowest BCUT2D eigenvalue weighted by atomic mass is 10.3. The van der Waals surface area contributed by atoms with Gasteiger partial charge in [0.25, 0.3) is 5.69 Å². The number of nitro benzene ring substituents is 1. The van der Waals surface area contributed by atoms with Gasteiger partial charge < -0.3 is 0 Å². The smallest absolute Gasteiger partial charge is 0.258 e. The lowest BCUT2D eigenvalue weighted by molar-refractivity contribution is -0.385. The zero-order valence-electron chi connectivity index (χ0n) is 12.7. The van der Waals surface area contributed by atoms with Crippen LogP contribution in [0.3, 0.4) is 0 Å².